The smallest absolute Gasteiger partial charge is 0.189 e. The van der Waals surface area contributed by atoms with Crippen molar-refractivity contribution in [2.45, 2.75) is 6.42 Å². The van der Waals surface area contributed by atoms with Crippen molar-refractivity contribution < 1.29 is 18.7 Å². The van der Waals surface area contributed by atoms with Crippen LogP contribution >= 0.6 is 0 Å². The van der Waals surface area contributed by atoms with E-state index in [0.29, 0.717) is 29.1 Å². The van der Waals surface area contributed by atoms with E-state index >= 15 is 0 Å². The van der Waals surface area contributed by atoms with E-state index in [1.54, 1.807) is 26.4 Å². The van der Waals surface area contributed by atoms with E-state index in [1.165, 1.54) is 12.1 Å². The van der Waals surface area contributed by atoms with Gasteiger partial charge in [-0.05, 0) is 47.5 Å². The number of rotatable bonds is 3. The molecule has 4 heteroatoms. The summed E-state index contributed by atoms with van der Waals surface area (Å²) in [5.41, 5.74) is 2.80. The summed E-state index contributed by atoms with van der Waals surface area (Å²) in [6, 6.07) is 9.73. The average Bonchev–Trinajstić information content (AvgIpc) is 2.82. The lowest BCUT2D eigenvalue weighted by atomic mass is 10.1. The van der Waals surface area contributed by atoms with Gasteiger partial charge in [0.1, 0.15) is 5.82 Å². The summed E-state index contributed by atoms with van der Waals surface area (Å²) in [6.45, 7) is 0. The molecule has 0 aromatic heterocycles. The van der Waals surface area contributed by atoms with Crippen LogP contribution in [0.4, 0.5) is 4.39 Å². The lowest BCUT2D eigenvalue weighted by Crippen LogP contribution is -1.96. The fourth-order valence-electron chi connectivity index (χ4n) is 2.65. The van der Waals surface area contributed by atoms with E-state index in [9.17, 15) is 9.18 Å². The highest BCUT2D eigenvalue weighted by Gasteiger charge is 2.25. The number of methoxy groups -OCH3 is 2. The summed E-state index contributed by atoms with van der Waals surface area (Å²) in [5, 5.41) is 0. The second-order valence-corrected chi connectivity index (χ2v) is 5.09. The Morgan fingerprint density at radius 1 is 1.05 bits per heavy atom. The number of hydrogen-bond acceptors (Lipinski definition) is 3. The molecule has 0 amide bonds. The van der Waals surface area contributed by atoms with Crippen LogP contribution in [0.15, 0.2) is 42.0 Å². The zero-order valence-corrected chi connectivity index (χ0v) is 12.4. The van der Waals surface area contributed by atoms with Gasteiger partial charge in [0.15, 0.2) is 17.3 Å². The average molecular weight is 298 g/mol. The number of carbonyl (C=O) groups excluding carboxylic acids is 1. The summed E-state index contributed by atoms with van der Waals surface area (Å²) in [6.07, 6.45) is 2.25. The zero-order chi connectivity index (χ0) is 15.7. The van der Waals surface area contributed by atoms with Crippen molar-refractivity contribution in [2.24, 2.45) is 0 Å². The Morgan fingerprint density at radius 3 is 2.55 bits per heavy atom. The Hall–Kier alpha value is -2.62. The first-order valence-corrected chi connectivity index (χ1v) is 6.88. The third-order valence-corrected chi connectivity index (χ3v) is 3.73. The van der Waals surface area contributed by atoms with Gasteiger partial charge in [0.2, 0.25) is 0 Å². The van der Waals surface area contributed by atoms with Gasteiger partial charge in [-0.2, -0.15) is 0 Å². The largest absolute Gasteiger partial charge is 0.493 e. The van der Waals surface area contributed by atoms with E-state index < -0.39 is 0 Å². The maximum Gasteiger partial charge on any atom is 0.189 e. The van der Waals surface area contributed by atoms with E-state index in [-0.39, 0.29) is 11.6 Å². The van der Waals surface area contributed by atoms with Crippen LogP contribution in [-0.4, -0.2) is 20.0 Å². The highest BCUT2D eigenvalue weighted by molar-refractivity contribution is 6.15. The third kappa shape index (κ3) is 2.48. The molecule has 0 radical (unpaired) electrons. The lowest BCUT2D eigenvalue weighted by molar-refractivity contribution is 0.104. The monoisotopic (exact) mass is 298 g/mol. The number of Topliss-reactive ketones (excluding diaryl/α,β-unsaturated/α-hetero) is 1. The van der Waals surface area contributed by atoms with Crippen molar-refractivity contribution in [3.05, 3.63) is 64.5 Å². The van der Waals surface area contributed by atoms with Crippen LogP contribution in [0.5, 0.6) is 11.5 Å². The highest BCUT2D eigenvalue weighted by Crippen LogP contribution is 2.31. The number of carbonyl (C=O) groups is 1. The van der Waals surface area contributed by atoms with Crippen LogP contribution in [0.3, 0.4) is 0 Å². The third-order valence-electron chi connectivity index (χ3n) is 3.73. The van der Waals surface area contributed by atoms with Gasteiger partial charge in [0, 0.05) is 17.6 Å². The molecule has 112 valence electrons. The van der Waals surface area contributed by atoms with Crippen LogP contribution in [0.25, 0.3) is 6.08 Å². The predicted octanol–water partition coefficient (Wildman–Crippen LogP) is 3.67. The molecule has 2 aromatic carbocycles. The molecule has 2 aromatic rings. The van der Waals surface area contributed by atoms with Crippen molar-refractivity contribution in [2.75, 3.05) is 14.2 Å². The zero-order valence-electron chi connectivity index (χ0n) is 12.4. The summed E-state index contributed by atoms with van der Waals surface area (Å²) in [5.74, 6) is 0.863. The first-order valence-electron chi connectivity index (χ1n) is 6.88. The van der Waals surface area contributed by atoms with Crippen LogP contribution in [0, 0.1) is 5.82 Å². The number of allylic oxidation sites excluding steroid dienone is 1. The molecule has 1 aliphatic carbocycles. The summed E-state index contributed by atoms with van der Waals surface area (Å²) < 4.78 is 23.7. The van der Waals surface area contributed by atoms with E-state index in [2.05, 4.69) is 0 Å². The van der Waals surface area contributed by atoms with E-state index in [4.69, 9.17) is 9.47 Å². The Kier molecular flexibility index (Phi) is 3.67. The summed E-state index contributed by atoms with van der Waals surface area (Å²) in [4.78, 5) is 12.3. The molecule has 3 rings (SSSR count). The van der Waals surface area contributed by atoms with E-state index in [1.807, 2.05) is 18.2 Å². The predicted molar refractivity (Wildman–Crippen MR) is 82.0 cm³/mol. The van der Waals surface area contributed by atoms with Crippen LogP contribution in [-0.2, 0) is 6.42 Å². The van der Waals surface area contributed by atoms with Gasteiger partial charge in [0.25, 0.3) is 0 Å². The van der Waals surface area contributed by atoms with Gasteiger partial charge in [0.05, 0.1) is 14.2 Å². The Bertz CT molecular complexity index is 778. The first kappa shape index (κ1) is 14.3. The fraction of sp³-hybridized carbons (Fsp3) is 0.167. The second-order valence-electron chi connectivity index (χ2n) is 5.09. The van der Waals surface area contributed by atoms with Crippen molar-refractivity contribution in [1.82, 2.24) is 0 Å². The lowest BCUT2D eigenvalue weighted by Gasteiger charge is -2.08. The van der Waals surface area contributed by atoms with Crippen molar-refractivity contribution >= 4 is 11.9 Å². The molecule has 0 saturated carbocycles. The number of fused-ring (bicyclic) bond motifs is 1. The number of benzene rings is 2. The standard InChI is InChI=1S/C18H15FO3/c1-21-16-6-3-11(8-17(16)22-2)7-13-9-12-10-14(19)4-5-15(12)18(13)20/h3-8,10H,9H2,1-2H3/b13-7+. The normalized spacial score (nSPS) is 15.0. The van der Waals surface area contributed by atoms with Crippen molar-refractivity contribution in [3.63, 3.8) is 0 Å². The van der Waals surface area contributed by atoms with Gasteiger partial charge >= 0.3 is 0 Å². The molecule has 3 nitrogen and oxygen atoms in total. The van der Waals surface area contributed by atoms with Crippen LogP contribution < -0.4 is 9.47 Å². The van der Waals surface area contributed by atoms with Gasteiger partial charge in [-0.25, -0.2) is 4.39 Å². The molecule has 0 N–H and O–H groups in total. The number of hydrogen-bond donors (Lipinski definition) is 0. The minimum Gasteiger partial charge on any atom is -0.493 e. The molecular weight excluding hydrogens is 283 g/mol. The molecule has 0 unspecified atom stereocenters. The maximum atomic E-state index is 13.3. The van der Waals surface area contributed by atoms with Crippen molar-refractivity contribution in [1.29, 1.82) is 0 Å². The summed E-state index contributed by atoms with van der Waals surface area (Å²) >= 11 is 0. The molecule has 0 fully saturated rings. The fourth-order valence-corrected chi connectivity index (χ4v) is 2.65. The molecule has 1 aliphatic rings. The van der Waals surface area contributed by atoms with Crippen molar-refractivity contribution in [3.8, 4) is 11.5 Å². The quantitative estimate of drug-likeness (QED) is 0.811. The molecule has 22 heavy (non-hydrogen) atoms. The second kappa shape index (κ2) is 5.64. The van der Waals surface area contributed by atoms with Gasteiger partial charge in [-0.1, -0.05) is 6.07 Å². The minimum absolute atomic E-state index is 0.0511. The molecule has 0 atom stereocenters. The Labute approximate surface area is 128 Å². The topological polar surface area (TPSA) is 35.5 Å². The van der Waals surface area contributed by atoms with Crippen LogP contribution in [0.2, 0.25) is 0 Å². The van der Waals surface area contributed by atoms with Gasteiger partial charge in [-0.15, -0.1) is 0 Å². The van der Waals surface area contributed by atoms with Crippen LogP contribution in [0.1, 0.15) is 21.5 Å². The molecule has 0 spiro atoms. The summed E-state index contributed by atoms with van der Waals surface area (Å²) in [7, 11) is 3.13. The molecule has 0 saturated heterocycles. The Balaban J connectivity index is 1.96. The highest BCUT2D eigenvalue weighted by atomic mass is 19.1. The number of halogens is 1. The molecule has 0 bridgehead atoms. The van der Waals surface area contributed by atoms with E-state index in [0.717, 1.165) is 11.1 Å². The SMILES string of the molecule is COc1ccc(/C=C2\Cc3cc(F)ccc3C2=O)cc1OC. The molecule has 0 heterocycles. The Morgan fingerprint density at radius 2 is 1.82 bits per heavy atom. The first-order chi connectivity index (χ1) is 10.6. The van der Waals surface area contributed by atoms with Gasteiger partial charge in [-0.3, -0.25) is 4.79 Å². The van der Waals surface area contributed by atoms with Gasteiger partial charge < -0.3 is 9.47 Å². The number of ether oxygens (including phenoxy) is 2. The number of ketones is 1. The molecule has 0 aliphatic heterocycles. The maximum absolute atomic E-state index is 13.3. The molecular formula is C18H15FO3. The minimum atomic E-state index is -0.320.